The van der Waals surface area contributed by atoms with Crippen molar-refractivity contribution in [1.82, 2.24) is 20.4 Å². The maximum atomic E-state index is 14.2. The van der Waals surface area contributed by atoms with Crippen molar-refractivity contribution in [3.05, 3.63) is 78.0 Å². The number of amidine groups is 1. The Morgan fingerprint density at radius 1 is 1.13 bits per heavy atom. The van der Waals surface area contributed by atoms with Crippen molar-refractivity contribution >= 4 is 11.5 Å². The Hall–Kier alpha value is -3.30. The Morgan fingerprint density at radius 2 is 2.00 bits per heavy atom. The van der Waals surface area contributed by atoms with Crippen LogP contribution < -0.4 is 10.3 Å². The highest BCUT2D eigenvalue weighted by atomic mass is 19.1. The third-order valence-electron chi connectivity index (χ3n) is 5.15. The molecule has 9 heteroatoms. The van der Waals surface area contributed by atoms with Crippen LogP contribution >= 0.6 is 0 Å². The number of nitrogens with one attached hydrogen (secondary N) is 1. The van der Waals surface area contributed by atoms with Crippen LogP contribution in [-0.2, 0) is 11.3 Å². The molecule has 0 aliphatic carbocycles. The number of pyridine rings is 1. The molecule has 1 atom stereocenters. The van der Waals surface area contributed by atoms with Gasteiger partial charge in [-0.15, -0.1) is 0 Å². The van der Waals surface area contributed by atoms with Gasteiger partial charge in [0.2, 0.25) is 0 Å². The number of benzene rings is 1. The first kappa shape index (κ1) is 18.7. The Bertz CT molecular complexity index is 1040. The van der Waals surface area contributed by atoms with Crippen molar-refractivity contribution in [2.75, 3.05) is 31.2 Å². The zero-order chi connectivity index (χ0) is 20.3. The van der Waals surface area contributed by atoms with E-state index in [-0.39, 0.29) is 12.4 Å². The number of hydrogen-bond donors (Lipinski definition) is 1. The molecule has 8 nitrogen and oxygen atoms in total. The molecule has 0 radical (unpaired) electrons. The van der Waals surface area contributed by atoms with Gasteiger partial charge in [0, 0.05) is 30.5 Å². The smallest absolute Gasteiger partial charge is 0.181 e. The highest BCUT2D eigenvalue weighted by Crippen LogP contribution is 2.26. The number of morpholine rings is 1. The predicted molar refractivity (Wildman–Crippen MR) is 108 cm³/mol. The van der Waals surface area contributed by atoms with Crippen molar-refractivity contribution in [2.24, 2.45) is 4.99 Å². The quantitative estimate of drug-likeness (QED) is 0.695. The summed E-state index contributed by atoms with van der Waals surface area (Å²) in [5.74, 6) is 0.310. The predicted octanol–water partition coefficient (Wildman–Crippen LogP) is 2.51. The molecular formula is C21H21FN6O2. The summed E-state index contributed by atoms with van der Waals surface area (Å²) < 4.78 is 24.8. The summed E-state index contributed by atoms with van der Waals surface area (Å²) in [5, 5.41) is 1.78. The van der Waals surface area contributed by atoms with Crippen molar-refractivity contribution in [2.45, 2.75) is 12.7 Å². The molecule has 4 heterocycles. The lowest BCUT2D eigenvalue weighted by molar-refractivity contribution is 0.122. The minimum absolute atomic E-state index is 0.269. The summed E-state index contributed by atoms with van der Waals surface area (Å²) in [6.45, 7) is 3.40. The Morgan fingerprint density at radius 3 is 2.80 bits per heavy atom. The summed E-state index contributed by atoms with van der Waals surface area (Å²) in [7, 11) is 0. The first-order chi connectivity index (χ1) is 14.8. The second kappa shape index (κ2) is 8.21. The van der Waals surface area contributed by atoms with Crippen LogP contribution in [0.2, 0.25) is 0 Å². The molecular weight excluding hydrogens is 387 g/mol. The van der Waals surface area contributed by atoms with E-state index in [0.29, 0.717) is 30.3 Å². The van der Waals surface area contributed by atoms with Crippen molar-refractivity contribution < 1.29 is 13.5 Å². The van der Waals surface area contributed by atoms with Gasteiger partial charge in [-0.1, -0.05) is 18.2 Å². The van der Waals surface area contributed by atoms with Gasteiger partial charge in [0.05, 0.1) is 25.5 Å². The number of halogens is 1. The van der Waals surface area contributed by atoms with Gasteiger partial charge >= 0.3 is 0 Å². The summed E-state index contributed by atoms with van der Waals surface area (Å²) in [4.78, 5) is 15.8. The highest BCUT2D eigenvalue weighted by Gasteiger charge is 2.30. The van der Waals surface area contributed by atoms with E-state index in [2.05, 4.69) is 20.3 Å². The molecule has 0 saturated carbocycles. The molecule has 0 spiro atoms. The van der Waals surface area contributed by atoms with Crippen molar-refractivity contribution in [3.8, 4) is 0 Å². The number of hydrogen-bond acceptors (Lipinski definition) is 8. The summed E-state index contributed by atoms with van der Waals surface area (Å²) in [5.41, 5.74) is 6.31. The van der Waals surface area contributed by atoms with Crippen LogP contribution in [0.25, 0.3) is 0 Å². The lowest BCUT2D eigenvalue weighted by atomic mass is 10.2. The number of aromatic nitrogens is 2. The molecule has 1 aromatic carbocycles. The SMILES string of the molecule is Fc1ccccc1CN1NC(c2cc(N3CCOCC3)ccn2)N=C1c1cocn1. The molecule has 0 amide bonds. The molecule has 2 aromatic heterocycles. The first-order valence-corrected chi connectivity index (χ1v) is 9.80. The second-order valence-electron chi connectivity index (χ2n) is 7.07. The summed E-state index contributed by atoms with van der Waals surface area (Å²) >= 11 is 0. The van der Waals surface area contributed by atoms with Gasteiger partial charge in [-0.2, -0.15) is 0 Å². The normalized spacial score (nSPS) is 19.2. The van der Waals surface area contributed by atoms with E-state index in [4.69, 9.17) is 14.1 Å². The average molecular weight is 408 g/mol. The number of oxazole rings is 1. The number of hydrazine groups is 1. The number of aliphatic imine (C=N–C) groups is 1. The summed E-state index contributed by atoms with van der Waals surface area (Å²) in [6, 6.07) is 10.7. The zero-order valence-corrected chi connectivity index (χ0v) is 16.2. The molecule has 1 fully saturated rings. The van der Waals surface area contributed by atoms with Crippen LogP contribution in [0, 0.1) is 5.82 Å². The van der Waals surface area contributed by atoms with Crippen molar-refractivity contribution in [1.29, 1.82) is 0 Å². The number of ether oxygens (including phenoxy) is 1. The van der Waals surface area contributed by atoms with Gasteiger partial charge in [-0.3, -0.25) is 9.99 Å². The van der Waals surface area contributed by atoms with Crippen LogP contribution in [0.15, 0.2) is 64.7 Å². The molecule has 5 rings (SSSR count). The fourth-order valence-corrected chi connectivity index (χ4v) is 3.61. The average Bonchev–Trinajstić information content (AvgIpc) is 3.46. The van der Waals surface area contributed by atoms with E-state index >= 15 is 0 Å². The zero-order valence-electron chi connectivity index (χ0n) is 16.2. The van der Waals surface area contributed by atoms with Crippen LogP contribution in [-0.4, -0.2) is 47.1 Å². The van der Waals surface area contributed by atoms with Crippen LogP contribution in [0.5, 0.6) is 0 Å². The van der Waals surface area contributed by atoms with Gasteiger partial charge in [-0.05, 0) is 18.2 Å². The Kier molecular flexibility index (Phi) is 5.12. The van der Waals surface area contributed by atoms with Gasteiger partial charge in [0.25, 0.3) is 0 Å². The molecule has 2 aliphatic heterocycles. The number of rotatable bonds is 5. The largest absolute Gasteiger partial charge is 0.451 e. The standard InChI is InChI=1S/C21H21FN6O2/c22-17-4-2-1-3-15(17)12-28-21(19-13-30-14-24-19)25-20(26-28)18-11-16(5-6-23-18)27-7-9-29-10-8-27/h1-6,11,13-14,20,26H,7-10,12H2. The maximum absolute atomic E-state index is 14.2. The van der Waals surface area contributed by atoms with Crippen LogP contribution in [0.3, 0.4) is 0 Å². The van der Waals surface area contributed by atoms with E-state index in [1.54, 1.807) is 23.3 Å². The van der Waals surface area contributed by atoms with Crippen LogP contribution in [0.1, 0.15) is 23.1 Å². The van der Waals surface area contributed by atoms with Crippen LogP contribution in [0.4, 0.5) is 10.1 Å². The topological polar surface area (TPSA) is 79.0 Å². The monoisotopic (exact) mass is 408 g/mol. The van der Waals surface area contributed by atoms with E-state index in [9.17, 15) is 4.39 Å². The minimum Gasteiger partial charge on any atom is -0.451 e. The lowest BCUT2D eigenvalue weighted by Crippen LogP contribution is -2.38. The highest BCUT2D eigenvalue weighted by molar-refractivity contribution is 5.97. The molecule has 0 bridgehead atoms. The molecule has 1 N–H and O–H groups in total. The molecule has 2 aliphatic rings. The maximum Gasteiger partial charge on any atom is 0.181 e. The molecule has 1 saturated heterocycles. The molecule has 154 valence electrons. The number of nitrogens with zero attached hydrogens (tertiary/aromatic N) is 5. The molecule has 30 heavy (non-hydrogen) atoms. The van der Waals surface area contributed by atoms with E-state index in [1.165, 1.54) is 18.7 Å². The van der Waals surface area contributed by atoms with E-state index < -0.39 is 6.17 Å². The molecule has 3 aromatic rings. The van der Waals surface area contributed by atoms with E-state index in [1.807, 2.05) is 18.2 Å². The fraction of sp³-hybridized carbons (Fsp3) is 0.286. The third-order valence-corrected chi connectivity index (χ3v) is 5.15. The van der Waals surface area contributed by atoms with E-state index in [0.717, 1.165) is 24.5 Å². The number of anilines is 1. The fourth-order valence-electron chi connectivity index (χ4n) is 3.61. The Labute approximate surface area is 173 Å². The Balaban J connectivity index is 1.43. The van der Waals surface area contributed by atoms with Gasteiger partial charge in [0.1, 0.15) is 17.8 Å². The van der Waals surface area contributed by atoms with Gasteiger partial charge in [0.15, 0.2) is 18.4 Å². The minimum atomic E-state index is -0.413. The van der Waals surface area contributed by atoms with Gasteiger partial charge < -0.3 is 14.1 Å². The second-order valence-corrected chi connectivity index (χ2v) is 7.07. The van der Waals surface area contributed by atoms with Gasteiger partial charge in [-0.25, -0.2) is 19.8 Å². The summed E-state index contributed by atoms with van der Waals surface area (Å²) in [6.07, 6.45) is 4.25. The first-order valence-electron chi connectivity index (χ1n) is 9.80. The molecule has 1 unspecified atom stereocenters. The lowest BCUT2D eigenvalue weighted by Gasteiger charge is -2.29. The third kappa shape index (κ3) is 3.77. The van der Waals surface area contributed by atoms with Crippen molar-refractivity contribution in [3.63, 3.8) is 0 Å².